The fourth-order valence-electron chi connectivity index (χ4n) is 3.29. The van der Waals surface area contributed by atoms with Crippen molar-refractivity contribution in [3.8, 4) is 22.4 Å². The molecule has 0 spiro atoms. The van der Waals surface area contributed by atoms with E-state index in [4.69, 9.17) is 4.74 Å². The van der Waals surface area contributed by atoms with Crippen LogP contribution in [0.2, 0.25) is 0 Å². The normalized spacial score (nSPS) is 11.2. The van der Waals surface area contributed by atoms with Crippen molar-refractivity contribution >= 4 is 11.0 Å². The van der Waals surface area contributed by atoms with E-state index >= 15 is 0 Å². The van der Waals surface area contributed by atoms with Crippen LogP contribution in [0.5, 0.6) is 0 Å². The Morgan fingerprint density at radius 2 is 1.73 bits per heavy atom. The van der Waals surface area contributed by atoms with Crippen molar-refractivity contribution in [3.05, 3.63) is 72.9 Å². The topological polar surface area (TPSA) is 39.9 Å². The number of hydrogen-bond donors (Lipinski definition) is 0. The largest absolute Gasteiger partial charge is 0.383 e. The third-order valence-corrected chi connectivity index (χ3v) is 4.43. The van der Waals surface area contributed by atoms with Crippen LogP contribution in [0.4, 0.5) is 4.39 Å². The van der Waals surface area contributed by atoms with Crippen LogP contribution >= 0.6 is 0 Å². The monoisotopic (exact) mass is 347 g/mol. The zero-order chi connectivity index (χ0) is 17.9. The first kappa shape index (κ1) is 16.4. The van der Waals surface area contributed by atoms with E-state index in [1.807, 2.05) is 18.2 Å². The van der Waals surface area contributed by atoms with Crippen molar-refractivity contribution in [2.24, 2.45) is 0 Å². The van der Waals surface area contributed by atoms with Crippen molar-refractivity contribution < 1.29 is 9.13 Å². The molecule has 0 aliphatic carbocycles. The Labute approximate surface area is 150 Å². The summed E-state index contributed by atoms with van der Waals surface area (Å²) in [6, 6.07) is 14.5. The highest BCUT2D eigenvalue weighted by atomic mass is 19.1. The summed E-state index contributed by atoms with van der Waals surface area (Å²) in [4.78, 5) is 8.76. The molecule has 3 aromatic heterocycles. The summed E-state index contributed by atoms with van der Waals surface area (Å²) in [5.74, 6) is -0.254. The number of rotatable bonds is 5. The zero-order valence-corrected chi connectivity index (χ0v) is 14.4. The predicted octanol–water partition coefficient (Wildman–Crippen LogP) is 4.55. The molecule has 0 N–H and O–H groups in total. The number of pyridine rings is 2. The summed E-state index contributed by atoms with van der Waals surface area (Å²) < 4.78 is 21.0. The first-order valence-electron chi connectivity index (χ1n) is 8.42. The average molecular weight is 347 g/mol. The lowest BCUT2D eigenvalue weighted by molar-refractivity contribution is 0.189. The third kappa shape index (κ3) is 2.86. The Kier molecular flexibility index (Phi) is 4.46. The third-order valence-electron chi connectivity index (χ3n) is 4.43. The lowest BCUT2D eigenvalue weighted by Crippen LogP contribution is -2.06. The van der Waals surface area contributed by atoms with Crippen molar-refractivity contribution in [1.82, 2.24) is 14.5 Å². The number of methoxy groups -OCH3 is 1. The minimum Gasteiger partial charge on any atom is -0.383 e. The Morgan fingerprint density at radius 3 is 2.46 bits per heavy atom. The van der Waals surface area contributed by atoms with E-state index in [2.05, 4.69) is 20.6 Å². The number of nitrogens with zero attached hydrogens (tertiary/aromatic N) is 3. The van der Waals surface area contributed by atoms with E-state index in [0.29, 0.717) is 13.2 Å². The standard InChI is InChI=1S/C21H18FN3O/c1-26-14-13-25-18-3-2-10-24-20(18)19(15-4-6-17(22)7-5-15)21(25)16-8-11-23-12-9-16/h2-12H,13-14H2,1H3. The molecule has 0 saturated heterocycles. The van der Waals surface area contributed by atoms with Gasteiger partial charge in [-0.15, -0.1) is 0 Å². The number of fused-ring (bicyclic) bond motifs is 1. The van der Waals surface area contributed by atoms with Gasteiger partial charge >= 0.3 is 0 Å². The van der Waals surface area contributed by atoms with Gasteiger partial charge in [0.2, 0.25) is 0 Å². The summed E-state index contributed by atoms with van der Waals surface area (Å²) in [5, 5.41) is 0. The van der Waals surface area contributed by atoms with Gasteiger partial charge in [-0.25, -0.2) is 4.39 Å². The molecule has 0 amide bonds. The van der Waals surface area contributed by atoms with Gasteiger partial charge < -0.3 is 9.30 Å². The lowest BCUT2D eigenvalue weighted by Gasteiger charge is -2.12. The summed E-state index contributed by atoms with van der Waals surface area (Å²) in [6.45, 7) is 1.27. The molecular weight excluding hydrogens is 329 g/mol. The molecule has 4 aromatic rings. The summed E-state index contributed by atoms with van der Waals surface area (Å²) in [5.41, 5.74) is 5.90. The van der Waals surface area contributed by atoms with E-state index in [1.165, 1.54) is 12.1 Å². The quantitative estimate of drug-likeness (QED) is 0.532. The summed E-state index contributed by atoms with van der Waals surface area (Å²) in [6.07, 6.45) is 5.33. The molecule has 0 aliphatic rings. The van der Waals surface area contributed by atoms with E-state index in [1.54, 1.807) is 37.8 Å². The van der Waals surface area contributed by atoms with Crippen LogP contribution < -0.4 is 0 Å². The number of halogens is 1. The number of aromatic nitrogens is 3. The first-order valence-corrected chi connectivity index (χ1v) is 8.42. The van der Waals surface area contributed by atoms with E-state index in [-0.39, 0.29) is 5.82 Å². The van der Waals surface area contributed by atoms with E-state index < -0.39 is 0 Å². The highest BCUT2D eigenvalue weighted by Gasteiger charge is 2.20. The van der Waals surface area contributed by atoms with Crippen LogP contribution in [0.1, 0.15) is 0 Å². The second kappa shape index (κ2) is 7.06. The zero-order valence-electron chi connectivity index (χ0n) is 14.4. The van der Waals surface area contributed by atoms with E-state index in [0.717, 1.165) is 33.4 Å². The molecule has 0 saturated carbocycles. The second-order valence-electron chi connectivity index (χ2n) is 5.98. The smallest absolute Gasteiger partial charge is 0.123 e. The van der Waals surface area contributed by atoms with Crippen molar-refractivity contribution in [2.75, 3.05) is 13.7 Å². The Balaban J connectivity index is 2.06. The molecule has 4 rings (SSSR count). The molecule has 0 radical (unpaired) electrons. The van der Waals surface area contributed by atoms with Gasteiger partial charge in [-0.2, -0.15) is 0 Å². The van der Waals surface area contributed by atoms with Gasteiger partial charge in [0.15, 0.2) is 0 Å². The Morgan fingerprint density at radius 1 is 0.962 bits per heavy atom. The minimum atomic E-state index is -0.254. The molecule has 4 nitrogen and oxygen atoms in total. The molecule has 0 unspecified atom stereocenters. The molecule has 0 atom stereocenters. The van der Waals surface area contributed by atoms with Crippen LogP contribution in [0.25, 0.3) is 33.4 Å². The van der Waals surface area contributed by atoms with E-state index in [9.17, 15) is 4.39 Å². The van der Waals surface area contributed by atoms with Gasteiger partial charge in [-0.05, 0) is 42.0 Å². The molecule has 0 bridgehead atoms. The molecular formula is C21H18FN3O. The van der Waals surface area contributed by atoms with Gasteiger partial charge in [0.1, 0.15) is 5.82 Å². The number of hydrogen-bond acceptors (Lipinski definition) is 3. The minimum absolute atomic E-state index is 0.254. The Bertz CT molecular complexity index is 1030. The summed E-state index contributed by atoms with van der Waals surface area (Å²) >= 11 is 0. The number of benzene rings is 1. The molecule has 130 valence electrons. The average Bonchev–Trinajstić information content (AvgIpc) is 3.02. The van der Waals surface area contributed by atoms with Crippen LogP contribution in [0.3, 0.4) is 0 Å². The Hall–Kier alpha value is -3.05. The molecule has 5 heteroatoms. The molecule has 3 heterocycles. The fourth-order valence-corrected chi connectivity index (χ4v) is 3.29. The molecule has 1 aromatic carbocycles. The maximum atomic E-state index is 13.5. The van der Waals surface area contributed by atoms with Gasteiger partial charge in [-0.1, -0.05) is 12.1 Å². The highest BCUT2D eigenvalue weighted by molar-refractivity contribution is 6.02. The van der Waals surface area contributed by atoms with Crippen molar-refractivity contribution in [3.63, 3.8) is 0 Å². The maximum absolute atomic E-state index is 13.5. The van der Waals surface area contributed by atoms with Crippen molar-refractivity contribution in [2.45, 2.75) is 6.54 Å². The van der Waals surface area contributed by atoms with Crippen LogP contribution in [0.15, 0.2) is 67.1 Å². The molecule has 26 heavy (non-hydrogen) atoms. The maximum Gasteiger partial charge on any atom is 0.123 e. The van der Waals surface area contributed by atoms with Crippen LogP contribution in [-0.4, -0.2) is 28.3 Å². The lowest BCUT2D eigenvalue weighted by atomic mass is 10.0. The van der Waals surface area contributed by atoms with Gasteiger partial charge in [0.25, 0.3) is 0 Å². The fraction of sp³-hybridized carbons (Fsp3) is 0.143. The van der Waals surface area contributed by atoms with Crippen LogP contribution in [0, 0.1) is 5.82 Å². The second-order valence-corrected chi connectivity index (χ2v) is 5.98. The van der Waals surface area contributed by atoms with Gasteiger partial charge in [0, 0.05) is 43.4 Å². The van der Waals surface area contributed by atoms with Crippen LogP contribution in [-0.2, 0) is 11.3 Å². The van der Waals surface area contributed by atoms with Gasteiger partial charge in [-0.3, -0.25) is 9.97 Å². The summed E-state index contributed by atoms with van der Waals surface area (Å²) in [7, 11) is 1.69. The first-order chi connectivity index (χ1) is 12.8. The molecule has 0 fully saturated rings. The molecule has 0 aliphatic heterocycles. The van der Waals surface area contributed by atoms with Gasteiger partial charge in [0.05, 0.1) is 23.3 Å². The highest BCUT2D eigenvalue weighted by Crippen LogP contribution is 2.39. The SMILES string of the molecule is COCCn1c(-c2ccncc2)c(-c2ccc(F)cc2)c2ncccc21. The predicted molar refractivity (Wildman–Crippen MR) is 100 cm³/mol. The number of ether oxygens (including phenoxy) is 1. The van der Waals surface area contributed by atoms with Crippen molar-refractivity contribution in [1.29, 1.82) is 0 Å².